The fourth-order valence-corrected chi connectivity index (χ4v) is 3.92. The first kappa shape index (κ1) is 17.1. The van der Waals surface area contributed by atoms with Crippen LogP contribution in [0.1, 0.15) is 5.56 Å². The van der Waals surface area contributed by atoms with Crippen LogP contribution in [0.25, 0.3) is 22.4 Å². The number of phosphoric ester groups is 1. The molecule has 0 saturated heterocycles. The van der Waals surface area contributed by atoms with E-state index in [1.54, 1.807) is 12.1 Å². The quantitative estimate of drug-likeness (QED) is 0.649. The Hall–Kier alpha value is -2.38. The minimum Gasteiger partial charge on any atom is -0.454 e. The summed E-state index contributed by atoms with van der Waals surface area (Å²) in [4.78, 5) is 17.8. The van der Waals surface area contributed by atoms with Gasteiger partial charge in [-0.1, -0.05) is 12.1 Å². The highest BCUT2D eigenvalue weighted by atomic mass is 32.1. The third-order valence-electron chi connectivity index (χ3n) is 3.89. The Morgan fingerprint density at radius 1 is 1.15 bits per heavy atom. The van der Waals surface area contributed by atoms with E-state index in [1.165, 1.54) is 23.7 Å². The molecule has 3 aromatic rings. The van der Waals surface area contributed by atoms with Gasteiger partial charge in [-0.2, -0.15) is 4.37 Å². The van der Waals surface area contributed by atoms with Gasteiger partial charge >= 0.3 is 7.82 Å². The Morgan fingerprint density at radius 3 is 2.65 bits per heavy atom. The van der Waals surface area contributed by atoms with Gasteiger partial charge in [0, 0.05) is 16.5 Å². The lowest BCUT2D eigenvalue weighted by Gasteiger charge is -2.09. The van der Waals surface area contributed by atoms with Crippen LogP contribution in [0.15, 0.2) is 41.8 Å². The fraction of sp³-hybridized carbons (Fsp3) is 0.118. The summed E-state index contributed by atoms with van der Waals surface area (Å²) >= 11 is 1.33. The summed E-state index contributed by atoms with van der Waals surface area (Å²) in [6.45, 7) is 2.17. The van der Waals surface area contributed by atoms with Crippen LogP contribution in [0.5, 0.6) is 17.2 Å². The largest absolute Gasteiger partial charge is 0.524 e. The summed E-state index contributed by atoms with van der Waals surface area (Å²) in [7, 11) is -4.57. The maximum absolute atomic E-state index is 10.9. The van der Waals surface area contributed by atoms with Crippen LogP contribution in [0.2, 0.25) is 0 Å². The summed E-state index contributed by atoms with van der Waals surface area (Å²) in [5, 5.41) is 1.92. The highest BCUT2D eigenvalue weighted by Crippen LogP contribution is 2.42. The molecule has 0 spiro atoms. The van der Waals surface area contributed by atoms with Gasteiger partial charge in [0.2, 0.25) is 6.79 Å². The molecule has 0 bridgehead atoms. The van der Waals surface area contributed by atoms with E-state index < -0.39 is 7.82 Å². The van der Waals surface area contributed by atoms with E-state index in [-0.39, 0.29) is 12.5 Å². The lowest BCUT2D eigenvalue weighted by atomic mass is 10.00. The van der Waals surface area contributed by atoms with Crippen molar-refractivity contribution < 1.29 is 28.3 Å². The zero-order chi connectivity index (χ0) is 18.3. The molecule has 1 aromatic heterocycles. The Labute approximate surface area is 153 Å². The summed E-state index contributed by atoms with van der Waals surface area (Å²) in [6, 6.07) is 10.4. The van der Waals surface area contributed by atoms with Crippen LogP contribution < -0.4 is 14.0 Å². The van der Waals surface area contributed by atoms with Crippen LogP contribution >= 0.6 is 19.4 Å². The highest BCUT2D eigenvalue weighted by molar-refractivity contribution is 7.46. The second-order valence-corrected chi connectivity index (χ2v) is 7.50. The number of rotatable bonds is 4. The van der Waals surface area contributed by atoms with Crippen molar-refractivity contribution in [3.8, 4) is 39.6 Å². The van der Waals surface area contributed by atoms with Crippen molar-refractivity contribution in [2.24, 2.45) is 0 Å². The molecule has 2 N–H and O–H groups in total. The molecular weight excluding hydrogens is 377 g/mol. The monoisotopic (exact) mass is 391 g/mol. The number of ether oxygens (including phenoxy) is 2. The summed E-state index contributed by atoms with van der Waals surface area (Å²) in [5.74, 6) is 1.56. The number of aryl methyl sites for hydroxylation is 1. The van der Waals surface area contributed by atoms with Crippen molar-refractivity contribution in [3.05, 3.63) is 47.3 Å². The maximum Gasteiger partial charge on any atom is 0.524 e. The Bertz CT molecular complexity index is 1010. The third kappa shape index (κ3) is 3.32. The summed E-state index contributed by atoms with van der Waals surface area (Å²) < 4.78 is 30.9. The van der Waals surface area contributed by atoms with Gasteiger partial charge in [0.1, 0.15) is 5.75 Å². The Kier molecular flexibility index (Phi) is 4.20. The van der Waals surface area contributed by atoms with Crippen molar-refractivity contribution in [2.45, 2.75) is 6.92 Å². The molecule has 2 heterocycles. The molecule has 134 valence electrons. The number of fused-ring (bicyclic) bond motifs is 1. The number of nitrogens with zero attached hydrogens (tertiary/aromatic N) is 1. The molecule has 26 heavy (non-hydrogen) atoms. The predicted molar refractivity (Wildman–Crippen MR) is 96.5 cm³/mol. The lowest BCUT2D eigenvalue weighted by Crippen LogP contribution is -1.93. The van der Waals surface area contributed by atoms with Crippen molar-refractivity contribution in [1.29, 1.82) is 0 Å². The zero-order valence-corrected chi connectivity index (χ0v) is 15.3. The molecular formula is C17H14NO6PS. The van der Waals surface area contributed by atoms with Crippen LogP contribution in [0.4, 0.5) is 0 Å². The molecule has 0 unspecified atom stereocenters. The molecule has 0 radical (unpaired) electrons. The van der Waals surface area contributed by atoms with Gasteiger partial charge in [-0.05, 0) is 53.8 Å². The maximum atomic E-state index is 10.9. The standard InChI is InChI=1S/C17H14NO6PS/c1-10-6-12(7-15-17(10)23-9-22-15)16-14(8-26-18-16)11-2-4-13(5-3-11)24-25(19,20)21/h2-8H,9H2,1H3,(H2,19,20,21). The SMILES string of the molecule is Cc1cc(-c2nscc2-c2ccc(OP(=O)(O)O)cc2)cc2c1OCO2. The van der Waals surface area contributed by atoms with E-state index in [0.29, 0.717) is 5.75 Å². The van der Waals surface area contributed by atoms with E-state index in [1.807, 2.05) is 24.4 Å². The molecule has 1 aliphatic rings. The third-order valence-corrected chi connectivity index (χ3v) is 4.97. The topological polar surface area (TPSA) is 98.1 Å². The Balaban J connectivity index is 1.70. The van der Waals surface area contributed by atoms with Crippen LogP contribution in [0.3, 0.4) is 0 Å². The van der Waals surface area contributed by atoms with Crippen molar-refractivity contribution >= 4 is 19.4 Å². The summed E-state index contributed by atoms with van der Waals surface area (Å²) in [5.41, 5.74) is 4.47. The zero-order valence-electron chi connectivity index (χ0n) is 13.6. The second kappa shape index (κ2) is 6.41. The molecule has 0 aliphatic carbocycles. The second-order valence-electron chi connectivity index (χ2n) is 5.71. The average Bonchev–Trinajstić information content (AvgIpc) is 3.23. The van der Waals surface area contributed by atoms with Crippen molar-refractivity contribution in [1.82, 2.24) is 4.37 Å². The van der Waals surface area contributed by atoms with Gasteiger partial charge in [-0.15, -0.1) is 0 Å². The molecule has 0 fully saturated rings. The molecule has 0 saturated carbocycles. The normalized spacial score (nSPS) is 13.0. The molecule has 7 nitrogen and oxygen atoms in total. The molecule has 0 atom stereocenters. The first-order valence-electron chi connectivity index (χ1n) is 7.61. The van der Waals surface area contributed by atoms with Gasteiger partial charge < -0.3 is 14.0 Å². The first-order chi connectivity index (χ1) is 12.4. The number of benzene rings is 2. The smallest absolute Gasteiger partial charge is 0.454 e. The van der Waals surface area contributed by atoms with E-state index in [2.05, 4.69) is 8.90 Å². The average molecular weight is 391 g/mol. The molecule has 4 rings (SSSR count). The van der Waals surface area contributed by atoms with Crippen molar-refractivity contribution in [2.75, 3.05) is 6.79 Å². The minimum absolute atomic E-state index is 0.103. The van der Waals surface area contributed by atoms with Gasteiger partial charge in [-0.25, -0.2) is 4.57 Å². The Morgan fingerprint density at radius 2 is 1.92 bits per heavy atom. The molecule has 2 aromatic carbocycles. The highest BCUT2D eigenvalue weighted by Gasteiger charge is 2.20. The number of aromatic nitrogens is 1. The van der Waals surface area contributed by atoms with Crippen LogP contribution in [0, 0.1) is 6.92 Å². The van der Waals surface area contributed by atoms with E-state index in [9.17, 15) is 4.57 Å². The lowest BCUT2D eigenvalue weighted by molar-refractivity contribution is 0.173. The van der Waals surface area contributed by atoms with Gasteiger partial charge in [0.15, 0.2) is 11.5 Å². The predicted octanol–water partition coefficient (Wildman–Crippen LogP) is 3.99. The van der Waals surface area contributed by atoms with Gasteiger partial charge in [0.25, 0.3) is 0 Å². The number of phosphoric acid groups is 1. The fourth-order valence-electron chi connectivity index (χ4n) is 2.80. The molecule has 1 aliphatic heterocycles. The number of hydrogen-bond donors (Lipinski definition) is 2. The molecule has 9 heteroatoms. The van der Waals surface area contributed by atoms with E-state index in [4.69, 9.17) is 19.3 Å². The van der Waals surface area contributed by atoms with Crippen molar-refractivity contribution in [3.63, 3.8) is 0 Å². The summed E-state index contributed by atoms with van der Waals surface area (Å²) in [6.07, 6.45) is 0. The van der Waals surface area contributed by atoms with Gasteiger partial charge in [0.05, 0.1) is 5.69 Å². The van der Waals surface area contributed by atoms with E-state index in [0.717, 1.165) is 33.7 Å². The van der Waals surface area contributed by atoms with Crippen LogP contribution in [-0.2, 0) is 4.57 Å². The van der Waals surface area contributed by atoms with E-state index >= 15 is 0 Å². The van der Waals surface area contributed by atoms with Crippen LogP contribution in [-0.4, -0.2) is 21.0 Å². The van der Waals surface area contributed by atoms with Gasteiger partial charge in [-0.3, -0.25) is 9.79 Å². The first-order valence-corrected chi connectivity index (χ1v) is 9.98. The molecule has 0 amide bonds. The number of hydrogen-bond acceptors (Lipinski definition) is 6. The minimum atomic E-state index is -4.57.